The molecule has 1 aromatic heterocycles. The first kappa shape index (κ1) is 15.7. The van der Waals surface area contributed by atoms with Gasteiger partial charge in [0.15, 0.2) is 0 Å². The van der Waals surface area contributed by atoms with Crippen LogP contribution in [0.15, 0.2) is 6.07 Å². The van der Waals surface area contributed by atoms with Gasteiger partial charge in [-0.3, -0.25) is 0 Å². The summed E-state index contributed by atoms with van der Waals surface area (Å²) in [5.74, 6) is 2.38. The van der Waals surface area contributed by atoms with Gasteiger partial charge >= 0.3 is 0 Å². The lowest BCUT2D eigenvalue weighted by atomic mass is 9.96. The van der Waals surface area contributed by atoms with Crippen LogP contribution in [0.3, 0.4) is 0 Å². The SMILES string of the molecule is CNc1cc(NC(C)CC(C)O)nc(C(C)(C)C)n1. The molecule has 2 atom stereocenters. The van der Waals surface area contributed by atoms with Crippen molar-refractivity contribution in [2.45, 2.75) is 58.6 Å². The molecule has 1 heterocycles. The van der Waals surface area contributed by atoms with E-state index in [2.05, 4.69) is 41.4 Å². The number of rotatable bonds is 5. The predicted molar refractivity (Wildman–Crippen MR) is 79.7 cm³/mol. The lowest BCUT2D eigenvalue weighted by Crippen LogP contribution is -2.23. The number of hydrogen-bond acceptors (Lipinski definition) is 5. The molecule has 0 saturated heterocycles. The Hall–Kier alpha value is -1.36. The molecule has 0 aliphatic carbocycles. The Kier molecular flexibility index (Phi) is 5.11. The highest BCUT2D eigenvalue weighted by atomic mass is 16.3. The third-order valence-corrected chi connectivity index (χ3v) is 2.74. The summed E-state index contributed by atoms with van der Waals surface area (Å²) in [6, 6.07) is 2.04. The molecular formula is C14H26N4O. The molecule has 0 fully saturated rings. The van der Waals surface area contributed by atoms with Gasteiger partial charge in [-0.2, -0.15) is 0 Å². The first-order valence-corrected chi connectivity index (χ1v) is 6.74. The third-order valence-electron chi connectivity index (χ3n) is 2.74. The van der Waals surface area contributed by atoms with Crippen LogP contribution in [0.4, 0.5) is 11.6 Å². The van der Waals surface area contributed by atoms with Crippen LogP contribution in [0.1, 0.15) is 46.9 Å². The van der Waals surface area contributed by atoms with Crippen molar-refractivity contribution in [3.63, 3.8) is 0 Å². The summed E-state index contributed by atoms with van der Waals surface area (Å²) in [6.45, 7) is 10.1. The van der Waals surface area contributed by atoms with Crippen LogP contribution < -0.4 is 10.6 Å². The van der Waals surface area contributed by atoms with E-state index >= 15 is 0 Å². The molecule has 0 saturated carbocycles. The minimum atomic E-state index is -0.324. The molecule has 0 spiro atoms. The first-order chi connectivity index (χ1) is 8.72. The van der Waals surface area contributed by atoms with Crippen molar-refractivity contribution in [2.75, 3.05) is 17.7 Å². The van der Waals surface area contributed by atoms with Crippen molar-refractivity contribution in [2.24, 2.45) is 0 Å². The highest BCUT2D eigenvalue weighted by Gasteiger charge is 2.19. The molecule has 0 bridgehead atoms. The lowest BCUT2D eigenvalue weighted by molar-refractivity contribution is 0.179. The summed E-state index contributed by atoms with van der Waals surface area (Å²) >= 11 is 0. The van der Waals surface area contributed by atoms with Gasteiger partial charge in [-0.25, -0.2) is 9.97 Å². The van der Waals surface area contributed by atoms with Crippen molar-refractivity contribution in [3.8, 4) is 0 Å². The zero-order valence-electron chi connectivity index (χ0n) is 12.8. The maximum Gasteiger partial charge on any atom is 0.138 e. The summed E-state index contributed by atoms with van der Waals surface area (Å²) in [5, 5.41) is 15.8. The van der Waals surface area contributed by atoms with E-state index in [-0.39, 0.29) is 17.6 Å². The fourth-order valence-corrected chi connectivity index (χ4v) is 1.81. The zero-order valence-corrected chi connectivity index (χ0v) is 12.8. The van der Waals surface area contributed by atoms with Gasteiger partial charge in [0.25, 0.3) is 0 Å². The summed E-state index contributed by atoms with van der Waals surface area (Å²) < 4.78 is 0. The van der Waals surface area contributed by atoms with Crippen LogP contribution in [0.5, 0.6) is 0 Å². The van der Waals surface area contributed by atoms with Crippen molar-refractivity contribution in [3.05, 3.63) is 11.9 Å². The Balaban J connectivity index is 2.94. The van der Waals surface area contributed by atoms with E-state index in [9.17, 15) is 5.11 Å². The number of nitrogens with one attached hydrogen (secondary N) is 2. The Bertz CT molecular complexity index is 412. The molecule has 0 radical (unpaired) electrons. The number of aromatic nitrogens is 2. The molecule has 1 rings (SSSR count). The van der Waals surface area contributed by atoms with E-state index in [1.807, 2.05) is 20.0 Å². The van der Waals surface area contributed by atoms with E-state index in [4.69, 9.17) is 0 Å². The Morgan fingerprint density at radius 3 is 2.26 bits per heavy atom. The van der Waals surface area contributed by atoms with Gasteiger partial charge in [0.1, 0.15) is 17.5 Å². The summed E-state index contributed by atoms with van der Waals surface area (Å²) in [6.07, 6.45) is 0.360. The fraction of sp³-hybridized carbons (Fsp3) is 0.714. The van der Waals surface area contributed by atoms with Crippen LogP contribution in [-0.2, 0) is 5.41 Å². The second-order valence-electron chi connectivity index (χ2n) is 6.09. The molecule has 3 N–H and O–H groups in total. The molecule has 5 heteroatoms. The maximum absolute atomic E-state index is 9.40. The molecule has 2 unspecified atom stereocenters. The summed E-state index contributed by atoms with van der Waals surface area (Å²) in [7, 11) is 1.85. The van der Waals surface area contributed by atoms with Crippen molar-refractivity contribution >= 4 is 11.6 Å². The van der Waals surface area contributed by atoms with E-state index < -0.39 is 0 Å². The average molecular weight is 266 g/mol. The van der Waals surface area contributed by atoms with Crippen LogP contribution >= 0.6 is 0 Å². The number of nitrogens with zero attached hydrogens (tertiary/aromatic N) is 2. The number of aliphatic hydroxyl groups is 1. The Morgan fingerprint density at radius 1 is 1.21 bits per heavy atom. The molecule has 0 aliphatic heterocycles. The van der Waals surface area contributed by atoms with Gasteiger partial charge in [-0.05, 0) is 20.3 Å². The Morgan fingerprint density at radius 2 is 1.79 bits per heavy atom. The van der Waals surface area contributed by atoms with E-state index in [0.29, 0.717) is 6.42 Å². The third kappa shape index (κ3) is 5.03. The molecule has 0 aromatic carbocycles. The van der Waals surface area contributed by atoms with Crippen molar-refractivity contribution < 1.29 is 5.11 Å². The quantitative estimate of drug-likeness (QED) is 0.763. The second kappa shape index (κ2) is 6.19. The van der Waals surface area contributed by atoms with E-state index in [1.165, 1.54) is 0 Å². The topological polar surface area (TPSA) is 70.1 Å². The minimum Gasteiger partial charge on any atom is -0.393 e. The van der Waals surface area contributed by atoms with Gasteiger partial charge in [0, 0.05) is 24.6 Å². The summed E-state index contributed by atoms with van der Waals surface area (Å²) in [5.41, 5.74) is -0.100. The molecule has 1 aromatic rings. The smallest absolute Gasteiger partial charge is 0.138 e. The van der Waals surface area contributed by atoms with Gasteiger partial charge in [-0.15, -0.1) is 0 Å². The standard InChI is InChI=1S/C14H26N4O/c1-9(7-10(2)19)16-12-8-11(15-6)17-13(18-12)14(3,4)5/h8-10,19H,7H2,1-6H3,(H2,15,16,17,18). The van der Waals surface area contributed by atoms with Gasteiger partial charge in [0.05, 0.1) is 6.10 Å². The maximum atomic E-state index is 9.40. The number of anilines is 2. The normalized spacial score (nSPS) is 14.9. The summed E-state index contributed by atoms with van der Waals surface area (Å²) in [4.78, 5) is 9.04. The van der Waals surface area contributed by atoms with Gasteiger partial charge in [-0.1, -0.05) is 20.8 Å². The van der Waals surface area contributed by atoms with Crippen LogP contribution in [0.25, 0.3) is 0 Å². The largest absolute Gasteiger partial charge is 0.393 e. The minimum absolute atomic E-state index is 0.100. The number of aliphatic hydroxyl groups excluding tert-OH is 1. The molecule has 19 heavy (non-hydrogen) atoms. The van der Waals surface area contributed by atoms with E-state index in [0.717, 1.165) is 17.5 Å². The monoisotopic (exact) mass is 266 g/mol. The average Bonchev–Trinajstić information content (AvgIpc) is 2.25. The van der Waals surface area contributed by atoms with Crippen molar-refractivity contribution in [1.82, 2.24) is 9.97 Å². The lowest BCUT2D eigenvalue weighted by Gasteiger charge is -2.21. The van der Waals surface area contributed by atoms with Crippen LogP contribution in [-0.4, -0.2) is 34.3 Å². The molecule has 5 nitrogen and oxygen atoms in total. The Labute approximate surface area is 115 Å². The second-order valence-corrected chi connectivity index (χ2v) is 6.09. The van der Waals surface area contributed by atoms with Crippen molar-refractivity contribution in [1.29, 1.82) is 0 Å². The highest BCUT2D eigenvalue weighted by Crippen LogP contribution is 2.22. The van der Waals surface area contributed by atoms with Crippen LogP contribution in [0.2, 0.25) is 0 Å². The zero-order chi connectivity index (χ0) is 14.6. The molecule has 0 amide bonds. The van der Waals surface area contributed by atoms with Crippen LogP contribution in [0, 0.1) is 0 Å². The first-order valence-electron chi connectivity index (χ1n) is 6.74. The van der Waals surface area contributed by atoms with E-state index in [1.54, 1.807) is 6.92 Å². The molecular weight excluding hydrogens is 240 g/mol. The highest BCUT2D eigenvalue weighted by molar-refractivity contribution is 5.48. The van der Waals surface area contributed by atoms with Gasteiger partial charge < -0.3 is 15.7 Å². The molecule has 0 aliphatic rings. The fourth-order valence-electron chi connectivity index (χ4n) is 1.81. The number of hydrogen-bond donors (Lipinski definition) is 3. The molecule has 108 valence electrons. The predicted octanol–water partition coefficient (Wildman–Crippen LogP) is 2.39. The van der Waals surface area contributed by atoms with Gasteiger partial charge in [0.2, 0.25) is 0 Å².